The molecule has 11 aromatic rings. The van der Waals surface area contributed by atoms with Crippen LogP contribution < -0.4 is 0 Å². The number of hydrogen-bond acceptors (Lipinski definition) is 5. The number of thiophene rings is 1. The van der Waals surface area contributed by atoms with E-state index in [2.05, 4.69) is 102 Å². The molecule has 11 rings (SSSR count). The molecular weight excluding hydrogens is 645 g/mol. The zero-order valence-electron chi connectivity index (χ0n) is 27.1. The van der Waals surface area contributed by atoms with Crippen molar-refractivity contribution >= 4 is 75.3 Å². The quantitative estimate of drug-likeness (QED) is 0.187. The minimum Gasteiger partial charge on any atom is -0.456 e. The van der Waals surface area contributed by atoms with Gasteiger partial charge in [0.25, 0.3) is 0 Å². The molecule has 0 spiro atoms. The Kier molecular flexibility index (Phi) is 6.05. The van der Waals surface area contributed by atoms with Gasteiger partial charge in [-0.25, -0.2) is 15.0 Å². The lowest BCUT2D eigenvalue weighted by Crippen LogP contribution is -2.00. The lowest BCUT2D eigenvalue weighted by Gasteiger charge is -2.08. The highest BCUT2D eigenvalue weighted by Gasteiger charge is 2.17. The third kappa shape index (κ3) is 4.43. The van der Waals surface area contributed by atoms with Gasteiger partial charge in [0.05, 0.1) is 11.0 Å². The van der Waals surface area contributed by atoms with Gasteiger partial charge in [-0.2, -0.15) is 0 Å². The van der Waals surface area contributed by atoms with Gasteiger partial charge >= 0.3 is 0 Å². The maximum atomic E-state index is 6.64. The van der Waals surface area contributed by atoms with Gasteiger partial charge in [-0.3, -0.25) is 0 Å². The molecule has 0 aliphatic heterocycles. The van der Waals surface area contributed by atoms with Crippen LogP contribution in [0.3, 0.4) is 0 Å². The van der Waals surface area contributed by atoms with Gasteiger partial charge in [0.15, 0.2) is 17.5 Å². The summed E-state index contributed by atoms with van der Waals surface area (Å²) in [6, 6.07) is 54.9. The minimum atomic E-state index is 0.645. The summed E-state index contributed by atoms with van der Waals surface area (Å²) in [5.74, 6) is 1.95. The molecule has 0 aliphatic carbocycles. The van der Waals surface area contributed by atoms with Crippen LogP contribution in [0.1, 0.15) is 0 Å². The fourth-order valence-corrected chi connectivity index (χ4v) is 8.56. The molecular formula is C45H26N4OS. The van der Waals surface area contributed by atoms with Crippen LogP contribution in [-0.2, 0) is 0 Å². The second-order valence-corrected chi connectivity index (χ2v) is 13.9. The van der Waals surface area contributed by atoms with Crippen molar-refractivity contribution in [1.29, 1.82) is 0 Å². The molecule has 238 valence electrons. The number of para-hydroxylation sites is 2. The summed E-state index contributed by atoms with van der Waals surface area (Å²) in [6.07, 6.45) is 0. The molecule has 0 N–H and O–H groups in total. The van der Waals surface area contributed by atoms with Crippen LogP contribution in [0.2, 0.25) is 0 Å². The molecule has 0 aliphatic rings. The molecule has 4 aromatic heterocycles. The standard InChI is InChI=1S/C45H26N4OS/c1-3-11-27(12-4-1)43-46-44(28-13-5-2-6-14-28)48-45(47-43)29-19-22-41-35(23-29)36-25-40-34(26-42(36)51-41)33-21-20-30(24-39(33)50-40)49-37-17-9-7-15-31(37)32-16-8-10-18-38(32)49/h1-26H. The average Bonchev–Trinajstić information content (AvgIpc) is 3.85. The van der Waals surface area contributed by atoms with Gasteiger partial charge in [-0.1, -0.05) is 97.1 Å². The van der Waals surface area contributed by atoms with Crippen molar-refractivity contribution in [3.63, 3.8) is 0 Å². The Hall–Kier alpha value is -6.63. The predicted octanol–water partition coefficient (Wildman–Crippen LogP) is 12.2. The van der Waals surface area contributed by atoms with E-state index in [9.17, 15) is 0 Å². The third-order valence-electron chi connectivity index (χ3n) is 9.84. The van der Waals surface area contributed by atoms with E-state index >= 15 is 0 Å². The molecule has 7 aromatic carbocycles. The van der Waals surface area contributed by atoms with Crippen molar-refractivity contribution in [1.82, 2.24) is 19.5 Å². The van der Waals surface area contributed by atoms with Crippen LogP contribution in [0.5, 0.6) is 0 Å². The Morgan fingerprint density at radius 1 is 0.392 bits per heavy atom. The van der Waals surface area contributed by atoms with E-state index in [0.29, 0.717) is 17.5 Å². The molecule has 0 atom stereocenters. The van der Waals surface area contributed by atoms with Crippen molar-refractivity contribution in [2.24, 2.45) is 0 Å². The van der Waals surface area contributed by atoms with Crippen molar-refractivity contribution in [2.75, 3.05) is 0 Å². The van der Waals surface area contributed by atoms with Gasteiger partial charge in [0, 0.05) is 70.2 Å². The van der Waals surface area contributed by atoms with Crippen molar-refractivity contribution in [3.05, 3.63) is 158 Å². The van der Waals surface area contributed by atoms with E-state index in [0.717, 1.165) is 55.1 Å². The summed E-state index contributed by atoms with van der Waals surface area (Å²) in [7, 11) is 0. The highest BCUT2D eigenvalue weighted by Crippen LogP contribution is 2.42. The molecule has 5 nitrogen and oxygen atoms in total. The normalized spacial score (nSPS) is 11.9. The van der Waals surface area contributed by atoms with Gasteiger partial charge in [0.2, 0.25) is 0 Å². The monoisotopic (exact) mass is 670 g/mol. The highest BCUT2D eigenvalue weighted by molar-refractivity contribution is 7.25. The van der Waals surface area contributed by atoms with Crippen LogP contribution in [-0.4, -0.2) is 19.5 Å². The van der Waals surface area contributed by atoms with Crippen molar-refractivity contribution < 1.29 is 4.42 Å². The van der Waals surface area contributed by atoms with Crippen LogP contribution >= 0.6 is 11.3 Å². The van der Waals surface area contributed by atoms with E-state index in [-0.39, 0.29) is 0 Å². The maximum absolute atomic E-state index is 6.64. The Labute approximate surface area is 295 Å². The molecule has 0 amide bonds. The summed E-state index contributed by atoms with van der Waals surface area (Å²) in [6.45, 7) is 0. The number of furan rings is 1. The number of aromatic nitrogens is 4. The molecule has 0 radical (unpaired) electrons. The first-order valence-corrected chi connectivity index (χ1v) is 17.8. The molecule has 0 saturated heterocycles. The zero-order valence-corrected chi connectivity index (χ0v) is 27.9. The molecule has 51 heavy (non-hydrogen) atoms. The minimum absolute atomic E-state index is 0.645. The molecule has 0 saturated carbocycles. The summed E-state index contributed by atoms with van der Waals surface area (Å²) >= 11 is 1.80. The summed E-state index contributed by atoms with van der Waals surface area (Å²) in [4.78, 5) is 14.8. The first-order chi connectivity index (χ1) is 25.2. The number of nitrogens with zero attached hydrogens (tertiary/aromatic N) is 4. The lowest BCUT2D eigenvalue weighted by atomic mass is 10.1. The second kappa shape index (κ2) is 10.9. The maximum Gasteiger partial charge on any atom is 0.164 e. The fraction of sp³-hybridized carbons (Fsp3) is 0. The number of benzene rings is 7. The molecule has 0 bridgehead atoms. The number of hydrogen-bond donors (Lipinski definition) is 0. The van der Waals surface area contributed by atoms with Crippen LogP contribution in [0, 0.1) is 0 Å². The average molecular weight is 671 g/mol. The van der Waals surface area contributed by atoms with Crippen molar-refractivity contribution in [2.45, 2.75) is 0 Å². The first kappa shape index (κ1) is 28.2. The molecule has 6 heteroatoms. The molecule has 0 fully saturated rings. The van der Waals surface area contributed by atoms with E-state index in [1.807, 2.05) is 60.7 Å². The zero-order chi connectivity index (χ0) is 33.5. The van der Waals surface area contributed by atoms with Crippen LogP contribution in [0.15, 0.2) is 162 Å². The summed E-state index contributed by atoms with van der Waals surface area (Å²) < 4.78 is 11.4. The van der Waals surface area contributed by atoms with Crippen LogP contribution in [0.25, 0.3) is 104 Å². The lowest BCUT2D eigenvalue weighted by molar-refractivity contribution is 0.669. The first-order valence-electron chi connectivity index (χ1n) is 16.9. The van der Waals surface area contributed by atoms with Gasteiger partial charge in [-0.15, -0.1) is 11.3 Å². The number of fused-ring (bicyclic) bond motifs is 9. The highest BCUT2D eigenvalue weighted by atomic mass is 32.1. The Morgan fingerprint density at radius 2 is 0.961 bits per heavy atom. The largest absolute Gasteiger partial charge is 0.456 e. The molecule has 0 unspecified atom stereocenters. The van der Waals surface area contributed by atoms with Gasteiger partial charge in [-0.05, 0) is 54.6 Å². The smallest absolute Gasteiger partial charge is 0.164 e. The van der Waals surface area contributed by atoms with Crippen molar-refractivity contribution in [3.8, 4) is 39.9 Å². The third-order valence-corrected chi connectivity index (χ3v) is 11.0. The number of rotatable bonds is 4. The SMILES string of the molecule is c1ccc(-c2nc(-c3ccccc3)nc(-c3ccc4sc5cc6c(cc5c4c3)oc3cc(-n4c5ccccc5c5ccccc54)ccc36)n2)cc1. The second-order valence-electron chi connectivity index (χ2n) is 12.8. The van der Waals surface area contributed by atoms with E-state index < -0.39 is 0 Å². The van der Waals surface area contributed by atoms with Gasteiger partial charge < -0.3 is 8.98 Å². The van der Waals surface area contributed by atoms with Gasteiger partial charge in [0.1, 0.15) is 11.2 Å². The summed E-state index contributed by atoms with van der Waals surface area (Å²) in [5.41, 5.74) is 8.04. The Balaban J connectivity index is 1.06. The van der Waals surface area contributed by atoms with E-state index in [4.69, 9.17) is 19.4 Å². The van der Waals surface area contributed by atoms with E-state index in [1.54, 1.807) is 11.3 Å². The topological polar surface area (TPSA) is 56.7 Å². The fourth-order valence-electron chi connectivity index (χ4n) is 7.45. The Morgan fingerprint density at radius 3 is 1.63 bits per heavy atom. The molecule has 4 heterocycles. The van der Waals surface area contributed by atoms with E-state index in [1.165, 1.54) is 31.2 Å². The van der Waals surface area contributed by atoms with Crippen LogP contribution in [0.4, 0.5) is 0 Å². The summed E-state index contributed by atoms with van der Waals surface area (Å²) in [5, 5.41) is 7.04. The predicted molar refractivity (Wildman–Crippen MR) is 211 cm³/mol. The Bertz CT molecular complexity index is 3030.